The maximum atomic E-state index is 2.25. The van der Waals surface area contributed by atoms with Crippen LogP contribution >= 0.6 is 0 Å². The minimum atomic E-state index is 0.284. The van der Waals surface area contributed by atoms with Crippen LogP contribution in [0.4, 0.5) is 0 Å². The van der Waals surface area contributed by atoms with E-state index in [2.05, 4.69) is 93.5 Å². The Bertz CT molecular complexity index is 315. The molecular formula is C19H36. The maximum absolute atomic E-state index is 2.25. The zero-order valence-corrected chi connectivity index (χ0v) is 15.0. The topological polar surface area (TPSA) is 0 Å². The second-order valence-electron chi connectivity index (χ2n) is 7.83. The number of hydrogen-bond donors (Lipinski definition) is 0. The van der Waals surface area contributed by atoms with Crippen LogP contribution in [0.1, 0.15) is 79.9 Å². The van der Waals surface area contributed by atoms with Crippen LogP contribution < -0.4 is 0 Å². The standard InChI is InChI=1S/C11H16.C5H12.C3H8/c1-9-6-5-7-10(8-9)11(2,3)4;1-5(2,3)4;1-3-2/h5-8H,1-4H3;1-4H3;3H2,1-2H3. The van der Waals surface area contributed by atoms with Crippen molar-refractivity contribution in [3.8, 4) is 0 Å². The molecule has 0 aromatic heterocycles. The molecule has 0 N–H and O–H groups in total. The summed E-state index contributed by atoms with van der Waals surface area (Å²) in [7, 11) is 0. The Morgan fingerprint density at radius 2 is 1.21 bits per heavy atom. The number of hydrogen-bond acceptors (Lipinski definition) is 0. The van der Waals surface area contributed by atoms with E-state index in [4.69, 9.17) is 0 Å². The van der Waals surface area contributed by atoms with Crippen molar-refractivity contribution in [2.24, 2.45) is 5.41 Å². The van der Waals surface area contributed by atoms with Gasteiger partial charge in [0.05, 0.1) is 0 Å². The van der Waals surface area contributed by atoms with Gasteiger partial charge in [-0.05, 0) is 23.3 Å². The fourth-order valence-electron chi connectivity index (χ4n) is 1.11. The SMILES string of the molecule is CC(C)(C)C.CCC.Cc1cccc(C(C)(C)C)c1. The monoisotopic (exact) mass is 264 g/mol. The average molecular weight is 264 g/mol. The Morgan fingerprint density at radius 1 is 0.842 bits per heavy atom. The van der Waals surface area contributed by atoms with Crippen LogP contribution in [0.3, 0.4) is 0 Å². The van der Waals surface area contributed by atoms with Gasteiger partial charge < -0.3 is 0 Å². The predicted molar refractivity (Wildman–Crippen MR) is 91.0 cm³/mol. The van der Waals surface area contributed by atoms with Gasteiger partial charge in [-0.1, -0.05) is 98.6 Å². The molecule has 1 rings (SSSR count). The van der Waals surface area contributed by atoms with Gasteiger partial charge in [0.2, 0.25) is 0 Å². The van der Waals surface area contributed by atoms with E-state index in [0.717, 1.165) is 0 Å². The van der Waals surface area contributed by atoms with Crippen LogP contribution in [0.5, 0.6) is 0 Å². The molecule has 0 nitrogen and oxygen atoms in total. The van der Waals surface area contributed by atoms with Crippen molar-refractivity contribution in [1.29, 1.82) is 0 Å². The minimum absolute atomic E-state index is 0.284. The van der Waals surface area contributed by atoms with Crippen molar-refractivity contribution in [2.45, 2.75) is 81.1 Å². The smallest absolute Gasteiger partial charge is 0.0132 e. The van der Waals surface area contributed by atoms with Crippen LogP contribution in [0.15, 0.2) is 24.3 Å². The first-order valence-electron chi connectivity index (χ1n) is 7.49. The third kappa shape index (κ3) is 17.2. The third-order valence-corrected chi connectivity index (χ3v) is 1.88. The molecule has 0 bridgehead atoms. The van der Waals surface area contributed by atoms with Crippen molar-refractivity contribution >= 4 is 0 Å². The zero-order chi connectivity index (χ0) is 15.7. The van der Waals surface area contributed by atoms with Crippen molar-refractivity contribution in [2.75, 3.05) is 0 Å². The summed E-state index contributed by atoms with van der Waals surface area (Å²) in [6.45, 7) is 21.8. The van der Waals surface area contributed by atoms with Gasteiger partial charge in [-0.25, -0.2) is 0 Å². The van der Waals surface area contributed by atoms with E-state index >= 15 is 0 Å². The molecule has 0 heteroatoms. The van der Waals surface area contributed by atoms with Crippen LogP contribution in [-0.4, -0.2) is 0 Å². The largest absolute Gasteiger partial charge is 0.0656 e. The lowest BCUT2D eigenvalue weighted by molar-refractivity contribution is 0.469. The van der Waals surface area contributed by atoms with E-state index in [9.17, 15) is 0 Å². The van der Waals surface area contributed by atoms with E-state index in [-0.39, 0.29) is 5.41 Å². The molecule has 0 amide bonds. The van der Waals surface area contributed by atoms with Gasteiger partial charge in [0.15, 0.2) is 0 Å². The Morgan fingerprint density at radius 3 is 1.42 bits per heavy atom. The average Bonchev–Trinajstić information content (AvgIpc) is 2.14. The molecule has 0 aliphatic heterocycles. The highest BCUT2D eigenvalue weighted by Crippen LogP contribution is 2.22. The third-order valence-electron chi connectivity index (χ3n) is 1.88. The minimum Gasteiger partial charge on any atom is -0.0656 e. The Balaban J connectivity index is 0. The number of benzene rings is 1. The van der Waals surface area contributed by atoms with Gasteiger partial charge in [-0.3, -0.25) is 0 Å². The van der Waals surface area contributed by atoms with Crippen molar-refractivity contribution in [3.63, 3.8) is 0 Å². The number of rotatable bonds is 0. The second-order valence-corrected chi connectivity index (χ2v) is 7.83. The van der Waals surface area contributed by atoms with Gasteiger partial charge >= 0.3 is 0 Å². The van der Waals surface area contributed by atoms with Gasteiger partial charge in [0, 0.05) is 0 Å². The molecule has 0 aliphatic rings. The van der Waals surface area contributed by atoms with Gasteiger partial charge in [-0.15, -0.1) is 0 Å². The van der Waals surface area contributed by atoms with Gasteiger partial charge in [0.1, 0.15) is 0 Å². The molecule has 112 valence electrons. The molecule has 0 atom stereocenters. The lowest BCUT2D eigenvalue weighted by atomic mass is 9.86. The molecule has 0 saturated carbocycles. The fraction of sp³-hybridized carbons (Fsp3) is 0.684. The van der Waals surface area contributed by atoms with E-state index in [0.29, 0.717) is 5.41 Å². The molecule has 0 heterocycles. The van der Waals surface area contributed by atoms with Gasteiger partial charge in [-0.2, -0.15) is 0 Å². The highest BCUT2D eigenvalue weighted by molar-refractivity contribution is 5.27. The molecule has 0 radical (unpaired) electrons. The fourth-order valence-corrected chi connectivity index (χ4v) is 1.11. The quantitative estimate of drug-likeness (QED) is 0.485. The first-order valence-corrected chi connectivity index (χ1v) is 7.49. The lowest BCUT2D eigenvalue weighted by Gasteiger charge is -2.19. The van der Waals surface area contributed by atoms with Crippen molar-refractivity contribution in [3.05, 3.63) is 35.4 Å². The summed E-state index contributed by atoms with van der Waals surface area (Å²) in [5, 5.41) is 0. The summed E-state index contributed by atoms with van der Waals surface area (Å²) in [4.78, 5) is 0. The molecule has 0 fully saturated rings. The Labute approximate surface area is 122 Å². The predicted octanol–water partition coefficient (Wildman–Crippen LogP) is 6.76. The van der Waals surface area contributed by atoms with E-state index in [1.54, 1.807) is 0 Å². The van der Waals surface area contributed by atoms with Crippen LogP contribution in [0.2, 0.25) is 0 Å². The van der Waals surface area contributed by atoms with E-state index in [1.165, 1.54) is 17.5 Å². The van der Waals surface area contributed by atoms with Crippen LogP contribution in [0, 0.1) is 12.3 Å². The second kappa shape index (κ2) is 9.18. The Kier molecular flexibility index (Phi) is 9.92. The molecular weight excluding hydrogens is 228 g/mol. The summed E-state index contributed by atoms with van der Waals surface area (Å²) in [6.07, 6.45) is 1.25. The summed E-state index contributed by atoms with van der Waals surface area (Å²) in [6, 6.07) is 8.69. The molecule has 1 aromatic carbocycles. The Hall–Kier alpha value is -0.780. The zero-order valence-electron chi connectivity index (χ0n) is 15.0. The molecule has 0 saturated heterocycles. The first-order chi connectivity index (χ1) is 8.41. The molecule has 0 unspecified atom stereocenters. The lowest BCUT2D eigenvalue weighted by Crippen LogP contribution is -2.10. The van der Waals surface area contributed by atoms with Crippen LogP contribution in [-0.2, 0) is 5.41 Å². The molecule has 0 aliphatic carbocycles. The number of aryl methyl sites for hydroxylation is 1. The summed E-state index contributed by atoms with van der Waals surface area (Å²) in [5.74, 6) is 0. The highest BCUT2D eigenvalue weighted by atomic mass is 14.2. The maximum Gasteiger partial charge on any atom is -0.0132 e. The molecule has 19 heavy (non-hydrogen) atoms. The normalized spacial score (nSPS) is 10.8. The summed E-state index contributed by atoms with van der Waals surface area (Å²) in [5.41, 5.74) is 3.54. The summed E-state index contributed by atoms with van der Waals surface area (Å²) < 4.78 is 0. The van der Waals surface area contributed by atoms with E-state index < -0.39 is 0 Å². The highest BCUT2D eigenvalue weighted by Gasteiger charge is 2.12. The van der Waals surface area contributed by atoms with Gasteiger partial charge in [0.25, 0.3) is 0 Å². The molecule has 0 spiro atoms. The van der Waals surface area contributed by atoms with Crippen molar-refractivity contribution < 1.29 is 0 Å². The molecule has 1 aromatic rings. The van der Waals surface area contributed by atoms with Crippen LogP contribution in [0.25, 0.3) is 0 Å². The summed E-state index contributed by atoms with van der Waals surface area (Å²) >= 11 is 0. The van der Waals surface area contributed by atoms with E-state index in [1.807, 2.05) is 0 Å². The van der Waals surface area contributed by atoms with Crippen molar-refractivity contribution in [1.82, 2.24) is 0 Å². The first kappa shape index (κ1) is 20.5.